The molecule has 0 bridgehead atoms. The summed E-state index contributed by atoms with van der Waals surface area (Å²) in [7, 11) is 0. The number of fused-ring (bicyclic) bond motifs is 1. The van der Waals surface area contributed by atoms with Gasteiger partial charge in [0.05, 0.1) is 10.0 Å². The molecule has 3 nitrogen and oxygen atoms in total. The van der Waals surface area contributed by atoms with Crippen LogP contribution in [0.25, 0.3) is 0 Å². The third-order valence-electron chi connectivity index (χ3n) is 6.35. The third kappa shape index (κ3) is 3.90. The van der Waals surface area contributed by atoms with Crippen molar-refractivity contribution in [3.8, 4) is 0 Å². The van der Waals surface area contributed by atoms with E-state index in [-0.39, 0.29) is 18.2 Å². The van der Waals surface area contributed by atoms with Crippen LogP contribution in [0.3, 0.4) is 0 Å². The highest BCUT2D eigenvalue weighted by atomic mass is 35.5. The molecule has 1 atom stereocenters. The molecule has 1 unspecified atom stereocenters. The average molecular weight is 454 g/mol. The van der Waals surface area contributed by atoms with Gasteiger partial charge in [-0.15, -0.1) is 12.4 Å². The molecule has 2 heterocycles. The average Bonchev–Trinajstić information content (AvgIpc) is 3.17. The van der Waals surface area contributed by atoms with E-state index < -0.39 is 5.54 Å². The van der Waals surface area contributed by atoms with Crippen LogP contribution in [0.5, 0.6) is 0 Å². The first-order valence-corrected chi connectivity index (χ1v) is 10.7. The molecular weight excluding hydrogens is 427 g/mol. The highest BCUT2D eigenvalue weighted by Crippen LogP contribution is 2.43. The van der Waals surface area contributed by atoms with Crippen LogP contribution < -0.4 is 4.90 Å². The number of nitrogens with zero attached hydrogens (tertiary/aromatic N) is 2. The maximum atomic E-state index is 13.4. The third-order valence-corrected chi connectivity index (χ3v) is 7.09. The quantitative estimate of drug-likeness (QED) is 0.596. The van der Waals surface area contributed by atoms with E-state index in [4.69, 9.17) is 23.2 Å². The van der Waals surface area contributed by atoms with Crippen molar-refractivity contribution in [1.29, 1.82) is 0 Å². The Balaban J connectivity index is 0.00000240. The highest BCUT2D eigenvalue weighted by molar-refractivity contribution is 6.42. The van der Waals surface area contributed by atoms with E-state index in [0.29, 0.717) is 16.6 Å². The summed E-state index contributed by atoms with van der Waals surface area (Å²) in [6.07, 6.45) is 3.31. The largest absolute Gasteiger partial charge is 0.354 e. The van der Waals surface area contributed by atoms with Crippen molar-refractivity contribution < 1.29 is 4.79 Å². The number of carbonyl (C=O) groups excluding carboxylic acids is 1. The molecule has 0 N–H and O–H groups in total. The molecular formula is C23H27Cl3N2O. The van der Waals surface area contributed by atoms with E-state index in [9.17, 15) is 4.79 Å². The second kappa shape index (κ2) is 8.85. The molecule has 0 spiro atoms. The number of likely N-dealkylation sites (tertiary alicyclic amines) is 1. The van der Waals surface area contributed by atoms with E-state index >= 15 is 0 Å². The van der Waals surface area contributed by atoms with Gasteiger partial charge >= 0.3 is 0 Å². The van der Waals surface area contributed by atoms with E-state index in [0.717, 1.165) is 37.3 Å². The van der Waals surface area contributed by atoms with Crippen LogP contribution in [-0.4, -0.2) is 36.9 Å². The topological polar surface area (TPSA) is 23.6 Å². The van der Waals surface area contributed by atoms with Crippen LogP contribution in [0.15, 0.2) is 36.4 Å². The smallest absolute Gasteiger partial charge is 0.161 e. The van der Waals surface area contributed by atoms with Crippen molar-refractivity contribution in [2.24, 2.45) is 0 Å². The van der Waals surface area contributed by atoms with Gasteiger partial charge in [0.2, 0.25) is 0 Å². The monoisotopic (exact) mass is 452 g/mol. The molecule has 29 heavy (non-hydrogen) atoms. The lowest BCUT2D eigenvalue weighted by atomic mass is 9.75. The number of Topliss-reactive ketones (excluding diaryl/α,β-unsaturated/α-hetero) is 1. The number of hydrogen-bond donors (Lipinski definition) is 0. The predicted molar refractivity (Wildman–Crippen MR) is 124 cm³/mol. The Labute approximate surface area is 189 Å². The van der Waals surface area contributed by atoms with E-state index in [2.05, 4.69) is 34.9 Å². The Morgan fingerprint density at radius 2 is 1.79 bits per heavy atom. The first-order valence-electron chi connectivity index (χ1n) is 9.98. The first-order chi connectivity index (χ1) is 13.4. The molecule has 0 aliphatic carbocycles. The normalized spacial score (nSPS) is 21.6. The van der Waals surface area contributed by atoms with Gasteiger partial charge < -0.3 is 9.80 Å². The van der Waals surface area contributed by atoms with Crippen LogP contribution in [0.1, 0.15) is 36.5 Å². The molecule has 2 aromatic rings. The van der Waals surface area contributed by atoms with E-state index in [1.54, 1.807) is 6.92 Å². The highest BCUT2D eigenvalue weighted by Gasteiger charge is 2.48. The summed E-state index contributed by atoms with van der Waals surface area (Å²) in [6.45, 7) is 7.46. The van der Waals surface area contributed by atoms with Crippen LogP contribution in [0.4, 0.5) is 5.69 Å². The fourth-order valence-electron chi connectivity index (χ4n) is 4.91. The molecule has 2 aromatic carbocycles. The Morgan fingerprint density at radius 3 is 2.45 bits per heavy atom. The Morgan fingerprint density at radius 1 is 1.07 bits per heavy atom. The van der Waals surface area contributed by atoms with E-state index in [1.165, 1.54) is 24.0 Å². The summed E-state index contributed by atoms with van der Waals surface area (Å²) < 4.78 is 0. The van der Waals surface area contributed by atoms with Crippen molar-refractivity contribution >= 4 is 47.1 Å². The predicted octanol–water partition coefficient (Wildman–Crippen LogP) is 5.67. The standard InChI is InChI=1S/C23H26Cl2N2O.ClH/c1-16-6-5-7-20-19(16)10-13-27(18-8-9-21(24)22(25)14-18)23(20,17(2)28)15-26-11-3-4-12-26;/h5-9,14H,3-4,10-13,15H2,1-2H3;1H. The summed E-state index contributed by atoms with van der Waals surface area (Å²) in [5.41, 5.74) is 3.97. The lowest BCUT2D eigenvalue weighted by Crippen LogP contribution is -2.60. The van der Waals surface area contributed by atoms with Gasteiger partial charge in [0, 0.05) is 18.8 Å². The fraction of sp³-hybridized carbons (Fsp3) is 0.435. The van der Waals surface area contributed by atoms with Crippen molar-refractivity contribution in [3.63, 3.8) is 0 Å². The van der Waals surface area contributed by atoms with Crippen LogP contribution in [-0.2, 0) is 16.8 Å². The number of halogens is 3. The van der Waals surface area contributed by atoms with Gasteiger partial charge in [-0.25, -0.2) is 0 Å². The van der Waals surface area contributed by atoms with Crippen molar-refractivity contribution in [1.82, 2.24) is 4.90 Å². The lowest BCUT2D eigenvalue weighted by molar-refractivity contribution is -0.123. The van der Waals surface area contributed by atoms with Gasteiger partial charge in [-0.3, -0.25) is 4.79 Å². The number of aryl methyl sites for hydroxylation is 1. The second-order valence-electron chi connectivity index (χ2n) is 8.00. The van der Waals surface area contributed by atoms with Crippen molar-refractivity contribution in [2.75, 3.05) is 31.1 Å². The summed E-state index contributed by atoms with van der Waals surface area (Å²) in [4.78, 5) is 18.1. The molecule has 2 aliphatic rings. The molecule has 6 heteroatoms. The van der Waals surface area contributed by atoms with Gasteiger partial charge in [0.25, 0.3) is 0 Å². The first kappa shape index (κ1) is 22.4. The number of hydrogen-bond acceptors (Lipinski definition) is 3. The summed E-state index contributed by atoms with van der Waals surface area (Å²) in [5.74, 6) is 0.178. The molecule has 0 saturated carbocycles. The maximum Gasteiger partial charge on any atom is 0.161 e. The number of anilines is 1. The zero-order valence-corrected chi connectivity index (χ0v) is 19.2. The molecule has 0 amide bonds. The minimum Gasteiger partial charge on any atom is -0.354 e. The van der Waals surface area contributed by atoms with Crippen LogP contribution >= 0.6 is 35.6 Å². The lowest BCUT2D eigenvalue weighted by Gasteiger charge is -2.50. The van der Waals surface area contributed by atoms with Gasteiger partial charge in [-0.1, -0.05) is 41.4 Å². The summed E-state index contributed by atoms with van der Waals surface area (Å²) in [5, 5.41) is 1.06. The Bertz CT molecular complexity index is 911. The molecule has 156 valence electrons. The number of benzene rings is 2. The zero-order valence-electron chi connectivity index (χ0n) is 16.9. The zero-order chi connectivity index (χ0) is 19.9. The van der Waals surface area contributed by atoms with Gasteiger partial charge in [0.1, 0.15) is 5.54 Å². The van der Waals surface area contributed by atoms with Gasteiger partial charge in [-0.05, 0) is 81.1 Å². The minimum atomic E-state index is -0.707. The Kier molecular flexibility index (Phi) is 6.84. The van der Waals surface area contributed by atoms with Crippen molar-refractivity contribution in [2.45, 2.75) is 38.6 Å². The van der Waals surface area contributed by atoms with Crippen molar-refractivity contribution in [3.05, 3.63) is 63.1 Å². The maximum absolute atomic E-state index is 13.4. The van der Waals surface area contributed by atoms with Crippen LogP contribution in [0.2, 0.25) is 10.0 Å². The van der Waals surface area contributed by atoms with Gasteiger partial charge in [0.15, 0.2) is 5.78 Å². The molecule has 0 aromatic heterocycles. The summed E-state index contributed by atoms with van der Waals surface area (Å²) in [6, 6.07) is 12.1. The van der Waals surface area contributed by atoms with Gasteiger partial charge in [-0.2, -0.15) is 0 Å². The molecule has 1 saturated heterocycles. The fourth-order valence-corrected chi connectivity index (χ4v) is 5.20. The van der Waals surface area contributed by atoms with E-state index in [1.807, 2.05) is 18.2 Å². The number of ketones is 1. The van der Waals surface area contributed by atoms with Crippen LogP contribution in [0, 0.1) is 6.92 Å². The summed E-state index contributed by atoms with van der Waals surface area (Å²) >= 11 is 12.5. The molecule has 2 aliphatic heterocycles. The second-order valence-corrected chi connectivity index (χ2v) is 8.82. The molecule has 1 fully saturated rings. The SMILES string of the molecule is CC(=O)C1(CN2CCCC2)c2cccc(C)c2CCN1c1ccc(Cl)c(Cl)c1.Cl. The minimum absolute atomic E-state index is 0. The molecule has 4 rings (SSSR count). The number of rotatable bonds is 4. The Hall–Kier alpha value is -1.26. The number of carbonyl (C=O) groups is 1. The molecule has 0 radical (unpaired) electrons.